The summed E-state index contributed by atoms with van der Waals surface area (Å²) in [6.07, 6.45) is 4.06. The fraction of sp³-hybridized carbons (Fsp3) is 0.243. The summed E-state index contributed by atoms with van der Waals surface area (Å²) in [4.78, 5) is 15.8. The molecule has 0 aliphatic heterocycles. The molecule has 4 nitrogen and oxygen atoms in total. The number of hydrogen-bond acceptors (Lipinski definition) is 4. The molecule has 7 heteroatoms. The van der Waals surface area contributed by atoms with Crippen molar-refractivity contribution in [3.05, 3.63) is 97.4 Å². The summed E-state index contributed by atoms with van der Waals surface area (Å²) in [5.41, 5.74) is 4.75. The van der Waals surface area contributed by atoms with Gasteiger partial charge >= 0.3 is 221 Å². The zero-order valence-corrected chi connectivity index (χ0v) is 31.7. The molecule has 0 unspecified atom stereocenters. The molecule has 0 bridgehead atoms. The number of aliphatic hydroxyl groups is 1. The number of ketones is 1. The molecule has 3 aromatic carbocycles. The molecule has 0 atom stereocenters. The molecule has 0 saturated carbocycles. The van der Waals surface area contributed by atoms with Gasteiger partial charge in [0.25, 0.3) is 0 Å². The van der Waals surface area contributed by atoms with Crippen LogP contribution in [0.25, 0.3) is 53.2 Å². The van der Waals surface area contributed by atoms with Crippen LogP contribution in [0, 0.1) is 19.0 Å². The molecule has 6 aromatic rings. The molecule has 3 heterocycles. The Balaban J connectivity index is 0.000000497. The van der Waals surface area contributed by atoms with E-state index in [1.807, 2.05) is 12.3 Å². The van der Waals surface area contributed by atoms with Crippen molar-refractivity contribution in [3.8, 4) is 11.3 Å². The van der Waals surface area contributed by atoms with Crippen molar-refractivity contribution in [2.24, 2.45) is 5.92 Å². The normalized spacial score (nSPS) is 12.0. The Morgan fingerprint density at radius 2 is 1.75 bits per heavy atom. The largest absolute Gasteiger partial charge is 0 e. The number of aliphatic hydroxyl groups excluding tert-OH is 1. The number of benzene rings is 3. The minimum Gasteiger partial charge on any atom is 0 e. The Bertz CT molecular complexity index is 2040. The van der Waals surface area contributed by atoms with Gasteiger partial charge in [-0.3, -0.25) is 4.79 Å². The third-order valence-corrected chi connectivity index (χ3v) is 12.8. The van der Waals surface area contributed by atoms with Crippen LogP contribution >= 0.6 is 11.3 Å². The third kappa shape index (κ3) is 6.94. The summed E-state index contributed by atoms with van der Waals surface area (Å²) in [5.74, 6) is 7.97. The average molecular weight is 841 g/mol. The Hall–Kier alpha value is -3.03. The second kappa shape index (κ2) is 13.5. The Kier molecular flexibility index (Phi) is 10.4. The smallest absolute Gasteiger partial charge is 0 e. The van der Waals surface area contributed by atoms with Gasteiger partial charge in [-0.15, -0.1) is 0 Å². The van der Waals surface area contributed by atoms with E-state index < -0.39 is 13.3 Å². The number of carbonyl (C=O) groups is 1. The monoisotopic (exact) mass is 842 g/mol. The number of nitrogens with zero attached hydrogens (tertiary/aromatic N) is 2. The second-order valence-corrected chi connectivity index (χ2v) is 24.2. The number of hydrogen-bond donors (Lipinski definition) is 1. The van der Waals surface area contributed by atoms with Crippen LogP contribution in [-0.2, 0) is 31.3 Å². The maximum atomic E-state index is 10.0. The Morgan fingerprint density at radius 3 is 2.39 bits per heavy atom. The van der Waals surface area contributed by atoms with Gasteiger partial charge < -0.3 is 5.11 Å². The number of rotatable bonds is 5. The second-order valence-electron chi connectivity index (χ2n) is 12.7. The maximum absolute atomic E-state index is 10.0. The third-order valence-electron chi connectivity index (χ3n) is 7.48. The average Bonchev–Trinajstić information content (AvgIpc) is 3.30. The first kappa shape index (κ1) is 33.9. The summed E-state index contributed by atoms with van der Waals surface area (Å²) >= 11 is -0.516. The van der Waals surface area contributed by atoms with Crippen LogP contribution in [0.15, 0.2) is 78.7 Å². The summed E-state index contributed by atoms with van der Waals surface area (Å²) in [6.45, 7) is 7.40. The van der Waals surface area contributed by atoms with Gasteiger partial charge in [-0.05, 0) is 13.8 Å². The van der Waals surface area contributed by atoms with Gasteiger partial charge in [-0.2, -0.15) is 0 Å². The van der Waals surface area contributed by atoms with Crippen LogP contribution in [0.1, 0.15) is 33.3 Å². The molecule has 1 N–H and O–H groups in total. The van der Waals surface area contributed by atoms with Gasteiger partial charge in [0.1, 0.15) is 0 Å². The van der Waals surface area contributed by atoms with E-state index in [1.165, 1.54) is 67.0 Å². The van der Waals surface area contributed by atoms with Crippen molar-refractivity contribution in [1.29, 1.82) is 0 Å². The van der Waals surface area contributed by atoms with Gasteiger partial charge in [-0.25, -0.2) is 0 Å². The van der Waals surface area contributed by atoms with E-state index in [4.69, 9.17) is 10.1 Å². The standard InChI is InChI=1S/C32H31GeN2S.C5H8O2.Ir/c1-20(2)16-21-17-25-24-12-9-15-34-32(24)36-31(25)26(18-21)29-19-27(33(3,4)5)30-23-11-8-7-10-22(23)13-14-28(30)35(29)6;1-4(6)3-5(2)7;/h7-15,17,19-20H,6,16H2,1-5H3;3,6H,1-2H3;/q-1;;/b;4-3-;. The molecule has 0 spiro atoms. The van der Waals surface area contributed by atoms with Crippen molar-refractivity contribution < 1.29 is 34.6 Å². The van der Waals surface area contributed by atoms with Gasteiger partial charge in [0.15, 0.2) is 5.78 Å². The Labute approximate surface area is 280 Å². The number of allylic oxidation sites excluding steroid dienone is 2. The first-order chi connectivity index (χ1) is 20.3. The van der Waals surface area contributed by atoms with Crippen molar-refractivity contribution >= 4 is 76.8 Å². The first-order valence-electron chi connectivity index (χ1n) is 14.7. The number of aromatic nitrogens is 2. The molecule has 0 amide bonds. The van der Waals surface area contributed by atoms with Crippen LogP contribution < -0.4 is 8.96 Å². The van der Waals surface area contributed by atoms with E-state index in [0.717, 1.165) is 22.5 Å². The van der Waals surface area contributed by atoms with Gasteiger partial charge in [0.05, 0.1) is 5.76 Å². The van der Waals surface area contributed by atoms with E-state index in [0.29, 0.717) is 5.92 Å². The molecule has 3 aromatic heterocycles. The molecule has 0 fully saturated rings. The number of pyridine rings is 2. The zero-order chi connectivity index (χ0) is 31.1. The molecule has 1 radical (unpaired) electrons. The van der Waals surface area contributed by atoms with Crippen LogP contribution in [0.3, 0.4) is 0 Å². The van der Waals surface area contributed by atoms with Crippen LogP contribution in [0.2, 0.25) is 17.3 Å². The van der Waals surface area contributed by atoms with Crippen molar-refractivity contribution in [3.63, 3.8) is 0 Å². The van der Waals surface area contributed by atoms with E-state index >= 15 is 0 Å². The maximum Gasteiger partial charge on any atom is 0 e. The van der Waals surface area contributed by atoms with Crippen molar-refractivity contribution in [1.82, 2.24) is 4.98 Å². The molecular weight excluding hydrogens is 801 g/mol. The topological polar surface area (TPSA) is 54.1 Å². The zero-order valence-electron chi connectivity index (χ0n) is 26.4. The summed E-state index contributed by atoms with van der Waals surface area (Å²) < 4.78 is 4.93. The number of fused-ring (bicyclic) bond motifs is 6. The fourth-order valence-electron chi connectivity index (χ4n) is 5.72. The van der Waals surface area contributed by atoms with E-state index in [1.54, 1.807) is 11.3 Å². The Morgan fingerprint density at radius 1 is 1.05 bits per heavy atom. The predicted molar refractivity (Wildman–Crippen MR) is 186 cm³/mol. The minimum absolute atomic E-state index is 0. The van der Waals surface area contributed by atoms with Gasteiger partial charge in [-0.1, -0.05) is 0 Å². The van der Waals surface area contributed by atoms with Gasteiger partial charge in [0.2, 0.25) is 0 Å². The van der Waals surface area contributed by atoms with E-state index in [-0.39, 0.29) is 31.6 Å². The predicted octanol–water partition coefficient (Wildman–Crippen LogP) is 8.93. The van der Waals surface area contributed by atoms with Crippen molar-refractivity contribution in [2.45, 2.75) is 51.4 Å². The van der Waals surface area contributed by atoms with Crippen LogP contribution in [0.4, 0.5) is 0 Å². The van der Waals surface area contributed by atoms with Crippen LogP contribution in [0.5, 0.6) is 0 Å². The molecule has 0 aliphatic carbocycles. The van der Waals surface area contributed by atoms with Crippen LogP contribution in [-0.4, -0.2) is 29.1 Å². The molecular formula is C37H39GeIrN2O2S-. The van der Waals surface area contributed by atoms with Crippen molar-refractivity contribution in [2.75, 3.05) is 0 Å². The molecule has 6 rings (SSSR count). The fourth-order valence-corrected chi connectivity index (χ4v) is 10.2. The molecule has 229 valence electrons. The summed E-state index contributed by atoms with van der Waals surface area (Å²) in [5, 5.41) is 14.9. The summed E-state index contributed by atoms with van der Waals surface area (Å²) in [7, 11) is 4.61. The van der Waals surface area contributed by atoms with Gasteiger partial charge in [0, 0.05) is 26.2 Å². The minimum atomic E-state index is -2.29. The van der Waals surface area contributed by atoms with E-state index in [2.05, 4.69) is 103 Å². The summed E-state index contributed by atoms with van der Waals surface area (Å²) in [6, 6.07) is 26.1. The molecule has 0 saturated heterocycles. The van der Waals surface area contributed by atoms with E-state index in [9.17, 15) is 4.79 Å². The molecule has 0 aliphatic rings. The SMILES string of the molecule is CC(=O)/C=C(/C)O.[CH2-][n+]1c(-c2[c-]c(CC(C)C)cc3c2sc2ncccc23)c[c]([Ge]([CH3])([CH3])[CH3])c2c3ccccc3ccc21.[Ir]. The molecule has 44 heavy (non-hydrogen) atoms. The first-order valence-corrected chi connectivity index (χ1v) is 22.8. The number of carbonyl (C=O) groups excluding carboxylic acids is 1. The number of thiophene rings is 1. The quantitative estimate of drug-likeness (QED) is 0.0472.